The first kappa shape index (κ1) is 16.1. The number of aromatic nitrogens is 3. The highest BCUT2D eigenvalue weighted by Gasteiger charge is 2.27. The van der Waals surface area contributed by atoms with Crippen LogP contribution in [0.3, 0.4) is 0 Å². The van der Waals surface area contributed by atoms with Gasteiger partial charge in [0.25, 0.3) is 0 Å². The second kappa shape index (κ2) is 6.41. The van der Waals surface area contributed by atoms with Crippen molar-refractivity contribution in [3.63, 3.8) is 0 Å². The average Bonchev–Trinajstić information content (AvgIpc) is 3.03. The molecule has 1 aliphatic heterocycles. The molecule has 0 saturated carbocycles. The van der Waals surface area contributed by atoms with Gasteiger partial charge in [-0.3, -0.25) is 9.67 Å². The van der Waals surface area contributed by atoms with Crippen molar-refractivity contribution in [2.24, 2.45) is 0 Å². The molecule has 124 valence electrons. The number of sulfonamides is 1. The van der Waals surface area contributed by atoms with Gasteiger partial charge in [-0.25, -0.2) is 12.7 Å². The molecule has 6 nitrogen and oxygen atoms in total. The number of hydrogen-bond donors (Lipinski definition) is 0. The van der Waals surface area contributed by atoms with Crippen molar-refractivity contribution in [3.8, 4) is 11.4 Å². The highest BCUT2D eigenvalue weighted by molar-refractivity contribution is 7.88. The van der Waals surface area contributed by atoms with Crippen molar-refractivity contribution in [2.45, 2.75) is 32.2 Å². The quantitative estimate of drug-likeness (QED) is 0.859. The Kier molecular flexibility index (Phi) is 4.50. The largest absolute Gasteiger partial charge is 0.264 e. The van der Waals surface area contributed by atoms with E-state index in [0.717, 1.165) is 36.5 Å². The van der Waals surface area contributed by atoms with Crippen LogP contribution in [0.15, 0.2) is 30.5 Å². The molecular weight excluding hydrogens is 312 g/mol. The maximum absolute atomic E-state index is 11.8. The Hall–Kier alpha value is -1.73. The highest BCUT2D eigenvalue weighted by Crippen LogP contribution is 2.28. The lowest BCUT2D eigenvalue weighted by Gasteiger charge is -2.30. The normalized spacial score (nSPS) is 19.8. The van der Waals surface area contributed by atoms with Gasteiger partial charge in [-0.2, -0.15) is 5.10 Å². The maximum atomic E-state index is 11.8. The van der Waals surface area contributed by atoms with E-state index in [0.29, 0.717) is 13.1 Å². The van der Waals surface area contributed by atoms with Gasteiger partial charge in [0.15, 0.2) is 0 Å². The first-order chi connectivity index (χ1) is 11.0. The number of nitrogens with zero attached hydrogens (tertiary/aromatic N) is 4. The van der Waals surface area contributed by atoms with Crippen LogP contribution in [0.25, 0.3) is 11.4 Å². The van der Waals surface area contributed by atoms with E-state index in [4.69, 9.17) is 4.98 Å². The van der Waals surface area contributed by atoms with E-state index in [1.807, 2.05) is 35.9 Å². The Bertz CT molecular complexity index is 785. The third kappa shape index (κ3) is 3.45. The highest BCUT2D eigenvalue weighted by atomic mass is 32.2. The molecule has 0 radical (unpaired) electrons. The first-order valence-electron chi connectivity index (χ1n) is 7.93. The molecule has 0 bridgehead atoms. The van der Waals surface area contributed by atoms with Gasteiger partial charge in [0.05, 0.1) is 17.6 Å². The SMILES string of the molecule is CCn1nccc1-c1cccc([C@@H]2CCCN(S(C)(=O)=O)C2)n1. The van der Waals surface area contributed by atoms with Gasteiger partial charge in [-0.15, -0.1) is 0 Å². The fourth-order valence-electron chi connectivity index (χ4n) is 3.11. The number of rotatable bonds is 4. The molecule has 2 aromatic heterocycles. The second-order valence-electron chi connectivity index (χ2n) is 5.94. The summed E-state index contributed by atoms with van der Waals surface area (Å²) in [7, 11) is -3.14. The average molecular weight is 334 g/mol. The lowest BCUT2D eigenvalue weighted by Crippen LogP contribution is -2.38. The fourth-order valence-corrected chi connectivity index (χ4v) is 4.02. The zero-order valence-corrected chi connectivity index (χ0v) is 14.3. The number of pyridine rings is 1. The van der Waals surface area contributed by atoms with E-state index in [-0.39, 0.29) is 5.92 Å². The molecule has 0 unspecified atom stereocenters. The molecule has 0 aliphatic carbocycles. The van der Waals surface area contributed by atoms with Crippen molar-refractivity contribution >= 4 is 10.0 Å². The molecule has 3 heterocycles. The summed E-state index contributed by atoms with van der Waals surface area (Å²) in [5.74, 6) is 0.149. The molecule has 1 aliphatic rings. The van der Waals surface area contributed by atoms with Gasteiger partial charge in [-0.1, -0.05) is 6.07 Å². The van der Waals surface area contributed by atoms with Crippen molar-refractivity contribution in [1.82, 2.24) is 19.1 Å². The molecule has 3 rings (SSSR count). The van der Waals surface area contributed by atoms with Crippen LogP contribution < -0.4 is 0 Å². The third-order valence-electron chi connectivity index (χ3n) is 4.32. The summed E-state index contributed by atoms with van der Waals surface area (Å²) in [6.45, 7) is 3.96. The summed E-state index contributed by atoms with van der Waals surface area (Å²) in [5, 5.41) is 4.29. The zero-order valence-electron chi connectivity index (χ0n) is 13.5. The summed E-state index contributed by atoms with van der Waals surface area (Å²) < 4.78 is 27.1. The van der Waals surface area contributed by atoms with E-state index in [1.165, 1.54) is 6.26 Å². The van der Waals surface area contributed by atoms with Crippen LogP contribution in [0, 0.1) is 0 Å². The van der Waals surface area contributed by atoms with E-state index in [9.17, 15) is 8.42 Å². The van der Waals surface area contributed by atoms with E-state index < -0.39 is 10.0 Å². The van der Waals surface area contributed by atoms with Crippen LogP contribution in [0.1, 0.15) is 31.4 Å². The summed E-state index contributed by atoms with van der Waals surface area (Å²) in [5.41, 5.74) is 2.84. The molecule has 1 saturated heterocycles. The van der Waals surface area contributed by atoms with Crippen LogP contribution in [0.5, 0.6) is 0 Å². The summed E-state index contributed by atoms with van der Waals surface area (Å²) >= 11 is 0. The predicted octanol–water partition coefficient (Wildman–Crippen LogP) is 2.10. The molecule has 0 N–H and O–H groups in total. The zero-order chi connectivity index (χ0) is 16.4. The van der Waals surface area contributed by atoms with Crippen LogP contribution in [0.4, 0.5) is 0 Å². The van der Waals surface area contributed by atoms with Gasteiger partial charge < -0.3 is 0 Å². The van der Waals surface area contributed by atoms with Crippen molar-refractivity contribution < 1.29 is 8.42 Å². The lowest BCUT2D eigenvalue weighted by atomic mass is 9.95. The summed E-state index contributed by atoms with van der Waals surface area (Å²) in [6, 6.07) is 7.92. The minimum absolute atomic E-state index is 0.149. The lowest BCUT2D eigenvalue weighted by molar-refractivity contribution is 0.314. The molecule has 2 aromatic rings. The minimum Gasteiger partial charge on any atom is -0.264 e. The van der Waals surface area contributed by atoms with Crippen LogP contribution >= 0.6 is 0 Å². The Morgan fingerprint density at radius 2 is 2.13 bits per heavy atom. The summed E-state index contributed by atoms with van der Waals surface area (Å²) in [4.78, 5) is 4.78. The minimum atomic E-state index is -3.14. The van der Waals surface area contributed by atoms with E-state index >= 15 is 0 Å². The van der Waals surface area contributed by atoms with Gasteiger partial charge in [0.2, 0.25) is 10.0 Å². The fraction of sp³-hybridized carbons (Fsp3) is 0.500. The molecule has 1 fully saturated rings. The van der Waals surface area contributed by atoms with Crippen LogP contribution in [-0.4, -0.2) is 46.8 Å². The van der Waals surface area contributed by atoms with Crippen molar-refractivity contribution in [3.05, 3.63) is 36.2 Å². The maximum Gasteiger partial charge on any atom is 0.211 e. The third-order valence-corrected chi connectivity index (χ3v) is 5.59. The molecule has 23 heavy (non-hydrogen) atoms. The molecule has 0 aromatic carbocycles. The second-order valence-corrected chi connectivity index (χ2v) is 7.92. The predicted molar refractivity (Wildman–Crippen MR) is 89.5 cm³/mol. The monoisotopic (exact) mass is 334 g/mol. The van der Waals surface area contributed by atoms with Gasteiger partial charge >= 0.3 is 0 Å². The van der Waals surface area contributed by atoms with Gasteiger partial charge in [-0.05, 0) is 38.0 Å². The smallest absolute Gasteiger partial charge is 0.211 e. The topological polar surface area (TPSA) is 68.1 Å². The van der Waals surface area contributed by atoms with Gasteiger partial charge in [0, 0.05) is 37.4 Å². The molecular formula is C16H22N4O2S. The summed E-state index contributed by atoms with van der Waals surface area (Å²) in [6.07, 6.45) is 4.89. The Morgan fingerprint density at radius 1 is 1.30 bits per heavy atom. The van der Waals surface area contributed by atoms with E-state index in [1.54, 1.807) is 10.5 Å². The standard InChI is InChI=1S/C16H22N4O2S/c1-3-20-16(9-10-17-20)15-8-4-7-14(18-15)13-6-5-11-19(12-13)23(2,21)22/h4,7-10,13H,3,5-6,11-12H2,1-2H3/t13-/m1/s1. The number of hydrogen-bond acceptors (Lipinski definition) is 4. The molecule has 7 heteroatoms. The van der Waals surface area contributed by atoms with E-state index in [2.05, 4.69) is 5.10 Å². The van der Waals surface area contributed by atoms with Gasteiger partial charge in [0.1, 0.15) is 0 Å². The van der Waals surface area contributed by atoms with Crippen LogP contribution in [0.2, 0.25) is 0 Å². The molecule has 0 amide bonds. The Balaban J connectivity index is 1.88. The number of aryl methyl sites for hydroxylation is 1. The van der Waals surface area contributed by atoms with Crippen molar-refractivity contribution in [2.75, 3.05) is 19.3 Å². The van der Waals surface area contributed by atoms with Crippen molar-refractivity contribution in [1.29, 1.82) is 0 Å². The van der Waals surface area contributed by atoms with Crippen LogP contribution in [-0.2, 0) is 16.6 Å². The molecule has 0 spiro atoms. The number of piperidine rings is 1. The Labute approximate surface area is 137 Å². The first-order valence-corrected chi connectivity index (χ1v) is 9.78. The molecule has 1 atom stereocenters. The Morgan fingerprint density at radius 3 is 2.87 bits per heavy atom.